The average molecular weight is 1200 g/mol. The molecule has 0 spiro atoms. The van der Waals surface area contributed by atoms with Gasteiger partial charge >= 0.3 is 39.1 Å². The summed E-state index contributed by atoms with van der Waals surface area (Å²) in [5, 5.41) is 47.6. The molecule has 9 rings (SSSR count). The number of H-pyrrole nitrogens is 2. The Morgan fingerprint density at radius 1 is 0.584 bits per heavy atom. The summed E-state index contributed by atoms with van der Waals surface area (Å²) in [4.78, 5) is 113. The molecule has 0 aliphatic carbocycles. The van der Waals surface area contributed by atoms with Gasteiger partial charge < -0.3 is 86.5 Å². The van der Waals surface area contributed by atoms with Crippen LogP contribution in [-0.2, 0) is 68.3 Å². The van der Waals surface area contributed by atoms with Gasteiger partial charge in [0.15, 0.2) is 46.8 Å². The Morgan fingerprint density at radius 3 is 1.53 bits per heavy atom. The van der Waals surface area contributed by atoms with Gasteiger partial charge in [0.1, 0.15) is 66.8 Å². The van der Waals surface area contributed by atoms with Crippen LogP contribution in [0.2, 0.25) is 0 Å². The zero-order chi connectivity index (χ0) is 55.9. The first kappa shape index (κ1) is 57.0. The SMILES string of the molecule is Nc1nc2c(ncn2[C@@H]2O[C@H](COP(=O)(O)OC3C(O)[C@H](n4cnc5c(=O)[nH]c(N)nc54)O[C@@H]3COP(=O)(O)OC3C(O)[C@H](n4cnc5c4N=CNC5N)O[C@@H]3COP(=O)(O)OP(=O)(O)OP(=O)(O)O)C(O)C2O)c(=O)[nH]1. The summed E-state index contributed by atoms with van der Waals surface area (Å²) in [7, 11) is -29.2. The van der Waals surface area contributed by atoms with Crippen molar-refractivity contribution in [1.82, 2.24) is 53.9 Å². The van der Waals surface area contributed by atoms with Crippen molar-refractivity contribution in [1.29, 1.82) is 0 Å². The van der Waals surface area contributed by atoms with E-state index in [1.165, 1.54) is 0 Å². The van der Waals surface area contributed by atoms with Gasteiger partial charge in [0.05, 0.1) is 45.1 Å². The number of aromatic nitrogens is 10. The summed E-state index contributed by atoms with van der Waals surface area (Å²) in [5.74, 6) is -0.852. The lowest BCUT2D eigenvalue weighted by Gasteiger charge is -2.26. The third kappa shape index (κ3) is 12.1. The fourth-order valence-electron chi connectivity index (χ4n) is 8.12. The third-order valence-electron chi connectivity index (χ3n) is 11.3. The number of hydrogen-bond acceptors (Lipinski definition) is 31. The van der Waals surface area contributed by atoms with Crippen molar-refractivity contribution in [3.8, 4) is 0 Å². The van der Waals surface area contributed by atoms with Crippen molar-refractivity contribution < 1.29 is 118 Å². The maximum Gasteiger partial charge on any atom is 0.490 e. The lowest BCUT2D eigenvalue weighted by molar-refractivity contribution is -0.0616. The van der Waals surface area contributed by atoms with Gasteiger partial charge in [0.25, 0.3) is 11.1 Å². The average Bonchev–Trinajstić information content (AvgIpc) is 4.21. The molecule has 17 atom stereocenters. The first-order valence-electron chi connectivity index (χ1n) is 21.2. The van der Waals surface area contributed by atoms with Crippen molar-refractivity contribution in [2.45, 2.75) is 79.8 Å². The Balaban J connectivity index is 0.940. The molecule has 42 nitrogen and oxygen atoms in total. The number of fused-ring (bicyclic) bond motifs is 3. The van der Waals surface area contributed by atoms with Crippen LogP contribution < -0.4 is 33.6 Å². The Hall–Kier alpha value is -4.71. The minimum absolute atomic E-state index is 0.0637. The highest BCUT2D eigenvalue weighted by molar-refractivity contribution is 7.66. The quantitative estimate of drug-likeness (QED) is 0.0325. The highest BCUT2D eigenvalue weighted by atomic mass is 31.3. The number of aliphatic hydroxyl groups is 4. The van der Waals surface area contributed by atoms with Gasteiger partial charge in [-0.2, -0.15) is 18.6 Å². The van der Waals surface area contributed by atoms with E-state index in [2.05, 4.69) is 58.3 Å². The van der Waals surface area contributed by atoms with E-state index in [1.807, 2.05) is 0 Å². The lowest BCUT2D eigenvalue weighted by Crippen LogP contribution is -2.38. The number of aliphatic imine (C=N–C) groups is 1. The van der Waals surface area contributed by atoms with Crippen LogP contribution in [-0.4, -0.2) is 179 Å². The van der Waals surface area contributed by atoms with Gasteiger partial charge in [0.2, 0.25) is 11.9 Å². The molecular formula is C30H42N15O27P5. The number of ether oxygens (including phenoxy) is 3. The lowest BCUT2D eigenvalue weighted by atomic mass is 10.1. The Morgan fingerprint density at radius 2 is 1.03 bits per heavy atom. The minimum atomic E-state index is -6.07. The van der Waals surface area contributed by atoms with E-state index in [-0.39, 0.29) is 39.8 Å². The van der Waals surface area contributed by atoms with E-state index < -0.39 is 156 Å². The highest BCUT2D eigenvalue weighted by Gasteiger charge is 2.54. The summed E-state index contributed by atoms with van der Waals surface area (Å²) >= 11 is 0. The molecule has 19 N–H and O–H groups in total. The number of hydrogen-bond donors (Lipinski definition) is 16. The molecule has 5 aromatic heterocycles. The normalized spacial score (nSPS) is 31.7. The number of phosphoric ester groups is 3. The third-order valence-corrected chi connectivity index (χ3v) is 17.1. The van der Waals surface area contributed by atoms with Gasteiger partial charge in [-0.3, -0.25) is 55.9 Å². The van der Waals surface area contributed by atoms with Crippen molar-refractivity contribution in [2.75, 3.05) is 31.3 Å². The number of imidazole rings is 3. The Labute approximate surface area is 423 Å². The van der Waals surface area contributed by atoms with Gasteiger partial charge in [-0.15, -0.1) is 0 Å². The molecule has 9 heterocycles. The molecule has 3 saturated heterocycles. The molecule has 77 heavy (non-hydrogen) atoms. The minimum Gasteiger partial charge on any atom is -0.387 e. The van der Waals surface area contributed by atoms with Gasteiger partial charge in [-0.25, -0.2) is 42.8 Å². The summed E-state index contributed by atoms with van der Waals surface area (Å²) < 4.78 is 117. The number of aromatic amines is 2. The molecule has 4 aliphatic heterocycles. The second-order valence-corrected chi connectivity index (χ2v) is 23.8. The number of aliphatic hydroxyl groups excluding tert-OH is 4. The molecule has 0 amide bonds. The smallest absolute Gasteiger partial charge is 0.387 e. The van der Waals surface area contributed by atoms with Crippen molar-refractivity contribution >= 4 is 85.5 Å². The monoisotopic (exact) mass is 1200 g/mol. The van der Waals surface area contributed by atoms with Crippen LogP contribution in [0.4, 0.5) is 17.7 Å². The van der Waals surface area contributed by atoms with E-state index in [9.17, 15) is 72.4 Å². The van der Waals surface area contributed by atoms with E-state index >= 15 is 0 Å². The second kappa shape index (κ2) is 21.1. The van der Waals surface area contributed by atoms with Crippen LogP contribution in [0.15, 0.2) is 33.6 Å². The zero-order valence-electron chi connectivity index (χ0n) is 37.8. The molecule has 3 fully saturated rings. The Bertz CT molecular complexity index is 3460. The van der Waals surface area contributed by atoms with Crippen LogP contribution in [0.1, 0.15) is 30.5 Å². The number of nitrogens with one attached hydrogen (secondary N) is 3. The van der Waals surface area contributed by atoms with Crippen LogP contribution in [0.5, 0.6) is 0 Å². The first-order valence-corrected chi connectivity index (χ1v) is 28.8. The molecule has 4 aliphatic rings. The number of rotatable bonds is 20. The van der Waals surface area contributed by atoms with Crippen LogP contribution in [0.25, 0.3) is 22.3 Å². The number of phosphoric acid groups is 5. The van der Waals surface area contributed by atoms with E-state index in [1.54, 1.807) is 0 Å². The van der Waals surface area contributed by atoms with Crippen LogP contribution >= 0.6 is 39.1 Å². The van der Waals surface area contributed by atoms with E-state index in [4.69, 9.17) is 59.3 Å². The standard InChI is InChI=1S/C30H42N15O27P5/c31-20-11-21(35-4-34-20)43(5-36-11)27-16(48)19(10(67-27)3-65-76(59,60)72-77(61,62)71-73(52,53)54)70-75(57,58)64-2-9-18(17(49)28(68-9)45-7-38-13-23(45)40-30(33)42-25(13)51)69-74(55,56)63-1-8-14(46)15(47)26(66-8)44-6-37-12-22(44)39-29(32)41-24(12)50/h4-10,14-20,26-28,46-49H,1-3,31H2,(H,34,35)(H,55,56)(H,57,58)(H,59,60)(H,61,62)(H2,52,53,54)(H3,32,39,41,50)(H3,33,40,42,51)/t8-,9-,10-,14?,15?,16?,17?,18?,19?,20?,26-,27-,28-/m1/s1. The fraction of sp³-hybridized carbons (Fsp3) is 0.533. The molecule has 11 unspecified atom stereocenters. The van der Waals surface area contributed by atoms with Gasteiger partial charge in [-0.05, 0) is 0 Å². The molecular weight excluding hydrogens is 1160 g/mol. The van der Waals surface area contributed by atoms with E-state index in [0.717, 1.165) is 39.0 Å². The molecule has 47 heteroatoms. The zero-order valence-corrected chi connectivity index (χ0v) is 42.3. The number of nitrogens with two attached hydrogens (primary N) is 3. The topological polar surface area (TPSA) is 627 Å². The maximum absolute atomic E-state index is 13.9. The first-order chi connectivity index (χ1) is 35.9. The molecule has 424 valence electrons. The molecule has 0 aromatic carbocycles. The highest BCUT2D eigenvalue weighted by Crippen LogP contribution is 2.66. The van der Waals surface area contributed by atoms with Crippen LogP contribution in [0, 0.1) is 0 Å². The molecule has 0 bridgehead atoms. The van der Waals surface area contributed by atoms with Crippen LogP contribution in [0.3, 0.4) is 0 Å². The summed E-state index contributed by atoms with van der Waals surface area (Å²) in [6.07, 6.45) is -20.0. The largest absolute Gasteiger partial charge is 0.490 e. The maximum atomic E-state index is 13.9. The molecule has 0 saturated carbocycles. The van der Waals surface area contributed by atoms with Crippen molar-refractivity contribution in [2.24, 2.45) is 10.7 Å². The second-order valence-electron chi connectivity index (χ2n) is 16.5. The number of nitrogens with zero attached hydrogens (tertiary/aromatic N) is 9. The Kier molecular flexibility index (Phi) is 15.6. The molecule has 0 radical (unpaired) electrons. The predicted octanol–water partition coefficient (Wildman–Crippen LogP) is -4.98. The summed E-state index contributed by atoms with van der Waals surface area (Å²) in [5.41, 5.74) is 14.7. The predicted molar refractivity (Wildman–Crippen MR) is 242 cm³/mol. The van der Waals surface area contributed by atoms with Gasteiger partial charge in [0, 0.05) is 0 Å². The van der Waals surface area contributed by atoms with Crippen molar-refractivity contribution in [3.05, 3.63) is 45.4 Å². The summed E-state index contributed by atoms with van der Waals surface area (Å²) in [6.45, 7) is -3.73. The number of nitrogen functional groups attached to an aromatic ring is 2. The van der Waals surface area contributed by atoms with Crippen molar-refractivity contribution in [3.63, 3.8) is 0 Å². The fourth-order valence-corrected chi connectivity index (χ4v) is 13.1. The number of anilines is 2. The molecule has 5 aromatic rings. The van der Waals surface area contributed by atoms with Gasteiger partial charge in [-0.1, -0.05) is 0 Å². The van der Waals surface area contributed by atoms with E-state index in [0.29, 0.717) is 0 Å². The summed E-state index contributed by atoms with van der Waals surface area (Å²) in [6, 6.07) is 0.